The van der Waals surface area contributed by atoms with E-state index in [2.05, 4.69) is 15.3 Å². The Morgan fingerprint density at radius 3 is 2.60 bits per heavy atom. The Labute approximate surface area is 118 Å². The molecule has 0 unspecified atom stereocenters. The highest BCUT2D eigenvalue weighted by Crippen LogP contribution is 2.31. The summed E-state index contributed by atoms with van der Waals surface area (Å²) in [6, 6.07) is -0.273. The molecule has 0 radical (unpaired) electrons. The Morgan fingerprint density at radius 2 is 1.95 bits per heavy atom. The molecule has 0 bridgehead atoms. The monoisotopic (exact) mass is 279 g/mol. The second-order valence-electron chi connectivity index (χ2n) is 5.97. The van der Waals surface area contributed by atoms with Crippen LogP contribution in [-0.4, -0.2) is 26.8 Å². The number of amides is 1. The number of carbonyl (C=O) groups excluding carboxylic acids is 1. The van der Waals surface area contributed by atoms with Gasteiger partial charge in [0.1, 0.15) is 5.60 Å². The van der Waals surface area contributed by atoms with E-state index in [0.29, 0.717) is 24.2 Å². The van der Waals surface area contributed by atoms with Crippen molar-refractivity contribution in [1.29, 1.82) is 0 Å². The first-order valence-electron chi connectivity index (χ1n) is 6.85. The largest absolute Gasteiger partial charge is 0.444 e. The van der Waals surface area contributed by atoms with Crippen LogP contribution >= 0.6 is 0 Å². The molecule has 0 spiro atoms. The van der Waals surface area contributed by atoms with Crippen molar-refractivity contribution in [3.63, 3.8) is 0 Å². The van der Waals surface area contributed by atoms with Gasteiger partial charge in [-0.2, -0.15) is 0 Å². The highest BCUT2D eigenvalue weighted by atomic mass is 16.6. The molecule has 1 aliphatic rings. The molecular weight excluding hydrogens is 258 g/mol. The van der Waals surface area contributed by atoms with Gasteiger partial charge in [0.05, 0.1) is 23.5 Å². The lowest BCUT2D eigenvalue weighted by molar-refractivity contribution is 0.0499. The van der Waals surface area contributed by atoms with E-state index >= 15 is 0 Å². The Balaban J connectivity index is 2.16. The Morgan fingerprint density at radius 1 is 1.30 bits per heavy atom. The van der Waals surface area contributed by atoms with Gasteiger partial charge in [-0.05, 0) is 40.0 Å². The lowest BCUT2D eigenvalue weighted by Gasteiger charge is -2.23. The van der Waals surface area contributed by atoms with Gasteiger partial charge in [0.15, 0.2) is 0 Å². The fourth-order valence-corrected chi connectivity index (χ4v) is 2.26. The first kappa shape index (κ1) is 14.7. The van der Waals surface area contributed by atoms with Crippen LogP contribution in [0.15, 0.2) is 12.4 Å². The normalized spacial score (nSPS) is 22.6. The van der Waals surface area contributed by atoms with E-state index in [0.717, 1.165) is 6.42 Å². The number of hydrogen-bond acceptors (Lipinski definition) is 5. The maximum Gasteiger partial charge on any atom is 0.408 e. The van der Waals surface area contributed by atoms with Gasteiger partial charge in [0, 0.05) is 12.4 Å². The average molecular weight is 279 g/mol. The van der Waals surface area contributed by atoms with Crippen molar-refractivity contribution in [3.8, 4) is 0 Å². The zero-order chi connectivity index (χ0) is 14.8. The van der Waals surface area contributed by atoms with Crippen LogP contribution in [0.5, 0.6) is 0 Å². The van der Waals surface area contributed by atoms with E-state index in [4.69, 9.17) is 4.74 Å². The highest BCUT2D eigenvalue weighted by Gasteiger charge is 2.28. The molecular formula is C14H21N3O3. The zero-order valence-corrected chi connectivity index (χ0v) is 12.1. The number of carbonyl (C=O) groups is 1. The summed E-state index contributed by atoms with van der Waals surface area (Å²) in [5.74, 6) is 0. The molecule has 1 heterocycles. The number of fused-ring (bicyclic) bond motifs is 1. The average Bonchev–Trinajstić information content (AvgIpc) is 2.49. The van der Waals surface area contributed by atoms with Gasteiger partial charge in [-0.3, -0.25) is 9.97 Å². The van der Waals surface area contributed by atoms with Crippen LogP contribution in [0, 0.1) is 0 Å². The molecule has 2 rings (SSSR count). The summed E-state index contributed by atoms with van der Waals surface area (Å²) >= 11 is 0. The SMILES string of the molecule is CC(C)(C)OC(=O)N[C@H]1CCC[C@@H](O)c2nccnc21. The van der Waals surface area contributed by atoms with Crippen LogP contribution in [0.25, 0.3) is 0 Å². The molecule has 1 aromatic heterocycles. The molecule has 0 saturated carbocycles. The summed E-state index contributed by atoms with van der Waals surface area (Å²) in [7, 11) is 0. The molecule has 0 aliphatic heterocycles. The van der Waals surface area contributed by atoms with Crippen molar-refractivity contribution in [2.45, 2.75) is 57.8 Å². The van der Waals surface area contributed by atoms with E-state index in [1.54, 1.807) is 12.4 Å². The minimum absolute atomic E-state index is 0.273. The molecule has 1 amide bonds. The van der Waals surface area contributed by atoms with Gasteiger partial charge in [-0.1, -0.05) is 0 Å². The fourth-order valence-electron chi connectivity index (χ4n) is 2.26. The highest BCUT2D eigenvalue weighted by molar-refractivity contribution is 5.68. The van der Waals surface area contributed by atoms with Crippen LogP contribution in [-0.2, 0) is 4.74 Å². The standard InChI is InChI=1S/C14H21N3O3/c1-14(2,3)20-13(19)17-9-5-4-6-10(18)12-11(9)15-7-8-16-12/h7-10,18H,4-6H2,1-3H3,(H,17,19)/t9-,10+/m0/s1. The fraction of sp³-hybridized carbons (Fsp3) is 0.643. The summed E-state index contributed by atoms with van der Waals surface area (Å²) in [6.07, 6.45) is 4.15. The van der Waals surface area contributed by atoms with Crippen molar-refractivity contribution < 1.29 is 14.6 Å². The third-order valence-electron chi connectivity index (χ3n) is 3.06. The van der Waals surface area contributed by atoms with Gasteiger partial charge in [-0.15, -0.1) is 0 Å². The van der Waals surface area contributed by atoms with Crippen molar-refractivity contribution in [3.05, 3.63) is 23.8 Å². The maximum atomic E-state index is 11.9. The Hall–Kier alpha value is -1.69. The van der Waals surface area contributed by atoms with E-state index in [9.17, 15) is 9.90 Å². The number of rotatable bonds is 1. The maximum absolute atomic E-state index is 11.9. The van der Waals surface area contributed by atoms with Crippen LogP contribution < -0.4 is 5.32 Å². The van der Waals surface area contributed by atoms with E-state index in [1.165, 1.54) is 0 Å². The third-order valence-corrected chi connectivity index (χ3v) is 3.06. The van der Waals surface area contributed by atoms with E-state index < -0.39 is 17.8 Å². The van der Waals surface area contributed by atoms with Crippen molar-refractivity contribution in [2.75, 3.05) is 0 Å². The zero-order valence-electron chi connectivity index (χ0n) is 12.1. The smallest absolute Gasteiger partial charge is 0.408 e. The summed E-state index contributed by atoms with van der Waals surface area (Å²) in [5, 5.41) is 12.9. The van der Waals surface area contributed by atoms with Gasteiger partial charge in [0.2, 0.25) is 0 Å². The number of aromatic nitrogens is 2. The number of aliphatic hydroxyl groups is 1. The van der Waals surface area contributed by atoms with Crippen LogP contribution in [0.4, 0.5) is 4.79 Å². The minimum Gasteiger partial charge on any atom is -0.444 e. The molecule has 0 saturated heterocycles. The number of aliphatic hydroxyl groups excluding tert-OH is 1. The molecule has 0 fully saturated rings. The minimum atomic E-state index is -0.621. The van der Waals surface area contributed by atoms with Gasteiger partial charge >= 0.3 is 6.09 Å². The van der Waals surface area contributed by atoms with Gasteiger partial charge < -0.3 is 15.2 Å². The number of alkyl carbamates (subject to hydrolysis) is 1. The Bertz CT molecular complexity index is 485. The molecule has 2 atom stereocenters. The van der Waals surface area contributed by atoms with Crippen LogP contribution in [0.3, 0.4) is 0 Å². The third kappa shape index (κ3) is 3.66. The topological polar surface area (TPSA) is 84.3 Å². The molecule has 0 aromatic carbocycles. The first-order chi connectivity index (χ1) is 9.37. The number of ether oxygens (including phenoxy) is 1. The van der Waals surface area contributed by atoms with E-state index in [1.807, 2.05) is 20.8 Å². The van der Waals surface area contributed by atoms with Crippen molar-refractivity contribution >= 4 is 6.09 Å². The molecule has 1 aromatic rings. The summed E-state index contributed by atoms with van der Waals surface area (Å²) in [6.45, 7) is 5.45. The van der Waals surface area contributed by atoms with Crippen molar-refractivity contribution in [1.82, 2.24) is 15.3 Å². The summed E-state index contributed by atoms with van der Waals surface area (Å²) in [5.41, 5.74) is 0.633. The van der Waals surface area contributed by atoms with E-state index in [-0.39, 0.29) is 6.04 Å². The molecule has 2 N–H and O–H groups in total. The lowest BCUT2D eigenvalue weighted by Crippen LogP contribution is -2.35. The van der Waals surface area contributed by atoms with Crippen LogP contribution in [0.2, 0.25) is 0 Å². The molecule has 20 heavy (non-hydrogen) atoms. The predicted octanol–water partition coefficient (Wildman–Crippen LogP) is 2.26. The number of nitrogens with zero attached hydrogens (tertiary/aromatic N) is 2. The molecule has 110 valence electrons. The predicted molar refractivity (Wildman–Crippen MR) is 73.0 cm³/mol. The lowest BCUT2D eigenvalue weighted by atomic mass is 10.1. The molecule has 6 heteroatoms. The van der Waals surface area contributed by atoms with Crippen LogP contribution in [0.1, 0.15) is 63.6 Å². The molecule has 6 nitrogen and oxygen atoms in total. The Kier molecular flexibility index (Phi) is 4.23. The second kappa shape index (κ2) is 5.75. The second-order valence-corrected chi connectivity index (χ2v) is 5.97. The quantitative estimate of drug-likeness (QED) is 0.770. The number of nitrogens with one attached hydrogen (secondary N) is 1. The van der Waals surface area contributed by atoms with Gasteiger partial charge in [-0.25, -0.2) is 4.79 Å². The van der Waals surface area contributed by atoms with Gasteiger partial charge in [0.25, 0.3) is 0 Å². The summed E-state index contributed by atoms with van der Waals surface area (Å²) in [4.78, 5) is 20.3. The summed E-state index contributed by atoms with van der Waals surface area (Å²) < 4.78 is 5.26. The van der Waals surface area contributed by atoms with Crippen molar-refractivity contribution in [2.24, 2.45) is 0 Å². The number of hydrogen-bond donors (Lipinski definition) is 2. The first-order valence-corrected chi connectivity index (χ1v) is 6.85. The molecule has 1 aliphatic carbocycles.